The molecule has 0 amide bonds. The van der Waals surface area contributed by atoms with Crippen LogP contribution in [0.2, 0.25) is 10.0 Å². The molecular weight excluding hydrogens is 495 g/mol. The van der Waals surface area contributed by atoms with E-state index in [4.69, 9.17) is 32.9 Å². The molecule has 170 valence electrons. The molecule has 0 aliphatic carbocycles. The zero-order chi connectivity index (χ0) is 23.2. The molecule has 3 heterocycles. The second-order valence-corrected chi connectivity index (χ2v) is 11.2. The largest absolute Gasteiger partial charge is 0.369 e. The Balaban J connectivity index is 1.63. The van der Waals surface area contributed by atoms with E-state index in [9.17, 15) is 4.79 Å². The van der Waals surface area contributed by atoms with Gasteiger partial charge < -0.3 is 4.74 Å². The van der Waals surface area contributed by atoms with Gasteiger partial charge in [-0.25, -0.2) is 4.98 Å². The zero-order valence-corrected chi connectivity index (χ0v) is 21.4. The van der Waals surface area contributed by atoms with E-state index in [2.05, 4.69) is 18.4 Å². The van der Waals surface area contributed by atoms with E-state index in [1.54, 1.807) is 29.2 Å². The van der Waals surface area contributed by atoms with Gasteiger partial charge in [0.2, 0.25) is 5.43 Å². The van der Waals surface area contributed by atoms with Crippen LogP contribution >= 0.6 is 46.3 Å². The van der Waals surface area contributed by atoms with E-state index >= 15 is 0 Å². The molecule has 4 aromatic rings. The highest BCUT2D eigenvalue weighted by molar-refractivity contribution is 7.98. The number of benzene rings is 2. The van der Waals surface area contributed by atoms with Crippen molar-refractivity contribution in [1.82, 2.24) is 9.55 Å². The number of ether oxygens (including phenoxy) is 1. The first-order valence-corrected chi connectivity index (χ1v) is 13.3. The van der Waals surface area contributed by atoms with Gasteiger partial charge in [0.15, 0.2) is 5.16 Å². The quantitative estimate of drug-likeness (QED) is 0.261. The molecule has 1 aliphatic heterocycles. The fraction of sp³-hybridized carbons (Fsp3) is 0.280. The molecule has 0 N–H and O–H groups in total. The molecule has 5 rings (SSSR count). The summed E-state index contributed by atoms with van der Waals surface area (Å²) in [5.41, 5.74) is 3.11. The van der Waals surface area contributed by atoms with Gasteiger partial charge >= 0.3 is 0 Å². The van der Waals surface area contributed by atoms with Gasteiger partial charge in [-0.3, -0.25) is 9.36 Å². The molecule has 2 aromatic heterocycles. The summed E-state index contributed by atoms with van der Waals surface area (Å²) in [5, 5.41) is 1.84. The molecule has 8 heteroatoms. The number of imidazole rings is 1. The Morgan fingerprint density at radius 2 is 1.97 bits per heavy atom. The van der Waals surface area contributed by atoms with Crippen LogP contribution in [0.5, 0.6) is 0 Å². The Hall–Kier alpha value is -1.83. The Morgan fingerprint density at radius 3 is 2.70 bits per heavy atom. The number of fused-ring (bicyclic) bond motifs is 2. The van der Waals surface area contributed by atoms with E-state index < -0.39 is 0 Å². The minimum Gasteiger partial charge on any atom is -0.369 e. The third-order valence-electron chi connectivity index (χ3n) is 6.07. The van der Waals surface area contributed by atoms with E-state index in [-0.39, 0.29) is 11.0 Å². The summed E-state index contributed by atoms with van der Waals surface area (Å²) in [5.74, 6) is 0.655. The summed E-state index contributed by atoms with van der Waals surface area (Å²) in [7, 11) is 0. The van der Waals surface area contributed by atoms with Crippen LogP contribution in [-0.4, -0.2) is 15.2 Å². The standard InChI is InChI=1S/C25H22Cl2N2O2S2/c1-3-25(2)12-17-20(13-31-25)33-23-21(22(17)30)28-24(29(23)16-7-5-4-6-8-16)32-14-15-9-10-18(26)19(27)11-15/h4-11H,3,12-14H2,1-2H3. The molecule has 33 heavy (non-hydrogen) atoms. The average molecular weight is 518 g/mol. The van der Waals surface area contributed by atoms with Crippen molar-refractivity contribution >= 4 is 56.6 Å². The maximum absolute atomic E-state index is 13.6. The van der Waals surface area contributed by atoms with Crippen LogP contribution in [0.1, 0.15) is 36.3 Å². The van der Waals surface area contributed by atoms with Crippen molar-refractivity contribution in [3.05, 3.63) is 84.8 Å². The average Bonchev–Trinajstić information content (AvgIpc) is 3.20. The van der Waals surface area contributed by atoms with Gasteiger partial charge in [0.1, 0.15) is 10.3 Å². The highest BCUT2D eigenvalue weighted by Gasteiger charge is 2.33. The number of halogens is 2. The molecule has 0 radical (unpaired) electrons. The summed E-state index contributed by atoms with van der Waals surface area (Å²) in [6.45, 7) is 4.63. The van der Waals surface area contributed by atoms with Crippen molar-refractivity contribution in [1.29, 1.82) is 0 Å². The van der Waals surface area contributed by atoms with Crippen LogP contribution in [0.4, 0.5) is 0 Å². The highest BCUT2D eigenvalue weighted by Crippen LogP contribution is 2.37. The third-order valence-corrected chi connectivity index (χ3v) is 9.00. The fourth-order valence-electron chi connectivity index (χ4n) is 3.94. The first-order valence-electron chi connectivity index (χ1n) is 10.7. The van der Waals surface area contributed by atoms with Crippen molar-refractivity contribution in [2.24, 2.45) is 0 Å². The first-order chi connectivity index (χ1) is 15.9. The predicted molar refractivity (Wildman–Crippen MR) is 138 cm³/mol. The topological polar surface area (TPSA) is 44.1 Å². The summed E-state index contributed by atoms with van der Waals surface area (Å²) < 4.78 is 8.22. The van der Waals surface area contributed by atoms with Crippen LogP contribution in [0.3, 0.4) is 0 Å². The first kappa shape index (κ1) is 22.9. The van der Waals surface area contributed by atoms with Crippen LogP contribution in [0.25, 0.3) is 16.0 Å². The SMILES string of the molecule is CCC1(C)Cc2c(sc3c(nc(SCc4ccc(Cl)c(Cl)c4)n3-c3ccccc3)c2=O)CO1. The van der Waals surface area contributed by atoms with Crippen molar-refractivity contribution < 1.29 is 4.74 Å². The number of thioether (sulfide) groups is 1. The Labute approximate surface area is 210 Å². The van der Waals surface area contributed by atoms with Gasteiger partial charge in [-0.1, -0.05) is 66.2 Å². The lowest BCUT2D eigenvalue weighted by Crippen LogP contribution is -2.37. The molecule has 0 bridgehead atoms. The summed E-state index contributed by atoms with van der Waals surface area (Å²) in [6.07, 6.45) is 1.48. The smallest absolute Gasteiger partial charge is 0.211 e. The summed E-state index contributed by atoms with van der Waals surface area (Å²) in [4.78, 5) is 20.3. The summed E-state index contributed by atoms with van der Waals surface area (Å²) in [6, 6.07) is 15.7. The number of hydrogen-bond acceptors (Lipinski definition) is 5. The van der Waals surface area contributed by atoms with E-state index in [0.717, 1.165) is 38.1 Å². The lowest BCUT2D eigenvalue weighted by atomic mass is 9.91. The Bertz CT molecular complexity index is 1400. The van der Waals surface area contributed by atoms with Gasteiger partial charge in [0.05, 0.1) is 22.3 Å². The molecule has 0 fully saturated rings. The highest BCUT2D eigenvalue weighted by atomic mass is 35.5. The molecule has 1 atom stereocenters. The minimum absolute atomic E-state index is 0.0211. The van der Waals surface area contributed by atoms with Gasteiger partial charge in [0, 0.05) is 28.3 Å². The van der Waals surface area contributed by atoms with E-state index in [0.29, 0.717) is 34.3 Å². The zero-order valence-electron chi connectivity index (χ0n) is 18.2. The van der Waals surface area contributed by atoms with Crippen LogP contribution < -0.4 is 5.43 Å². The second-order valence-electron chi connectivity index (χ2n) is 8.36. The number of aromatic nitrogens is 2. The molecule has 1 unspecified atom stereocenters. The van der Waals surface area contributed by atoms with Crippen molar-refractivity contribution in [2.45, 2.75) is 49.8 Å². The van der Waals surface area contributed by atoms with Crippen LogP contribution in [0, 0.1) is 0 Å². The molecule has 1 aliphatic rings. The second kappa shape index (κ2) is 9.08. The third kappa shape index (κ3) is 4.35. The van der Waals surface area contributed by atoms with Gasteiger partial charge in [-0.2, -0.15) is 0 Å². The monoisotopic (exact) mass is 516 g/mol. The lowest BCUT2D eigenvalue weighted by molar-refractivity contribution is -0.0550. The van der Waals surface area contributed by atoms with Gasteiger partial charge in [-0.05, 0) is 43.2 Å². The number of para-hydroxylation sites is 1. The van der Waals surface area contributed by atoms with Gasteiger partial charge in [0.25, 0.3) is 0 Å². The fourth-order valence-corrected chi connectivity index (χ4v) is 6.44. The maximum atomic E-state index is 13.6. The van der Waals surface area contributed by atoms with Crippen LogP contribution in [-0.2, 0) is 23.5 Å². The number of nitrogens with zero attached hydrogens (tertiary/aromatic N) is 2. The lowest BCUT2D eigenvalue weighted by Gasteiger charge is -2.33. The molecule has 4 nitrogen and oxygen atoms in total. The number of hydrogen-bond donors (Lipinski definition) is 0. The van der Waals surface area contributed by atoms with E-state index in [1.807, 2.05) is 42.5 Å². The van der Waals surface area contributed by atoms with E-state index in [1.165, 1.54) is 0 Å². The van der Waals surface area contributed by atoms with Crippen molar-refractivity contribution in [2.75, 3.05) is 0 Å². The van der Waals surface area contributed by atoms with Crippen molar-refractivity contribution in [3.63, 3.8) is 0 Å². The maximum Gasteiger partial charge on any atom is 0.211 e. The molecule has 0 saturated carbocycles. The predicted octanol–water partition coefficient (Wildman–Crippen LogP) is 7.29. The number of rotatable bonds is 5. The van der Waals surface area contributed by atoms with Gasteiger partial charge in [-0.15, -0.1) is 11.3 Å². The molecule has 0 spiro atoms. The summed E-state index contributed by atoms with van der Waals surface area (Å²) >= 11 is 15.5. The molecule has 2 aromatic carbocycles. The van der Waals surface area contributed by atoms with Crippen LogP contribution in [0.15, 0.2) is 58.5 Å². The normalized spacial score (nSPS) is 17.9. The Morgan fingerprint density at radius 1 is 1.18 bits per heavy atom. The minimum atomic E-state index is -0.306. The Kier molecular flexibility index (Phi) is 6.31. The molecular formula is C25H22Cl2N2O2S2. The molecule has 0 saturated heterocycles. The van der Waals surface area contributed by atoms with Crippen molar-refractivity contribution in [3.8, 4) is 5.69 Å².